The predicted molar refractivity (Wildman–Crippen MR) is 82.5 cm³/mol. The van der Waals surface area contributed by atoms with Gasteiger partial charge in [-0.25, -0.2) is 0 Å². The molecule has 1 saturated heterocycles. The van der Waals surface area contributed by atoms with Gasteiger partial charge in [-0.2, -0.15) is 0 Å². The molecule has 1 N–H and O–H groups in total. The van der Waals surface area contributed by atoms with Crippen molar-refractivity contribution in [2.75, 3.05) is 19.7 Å². The Morgan fingerprint density at radius 2 is 2.00 bits per heavy atom. The van der Waals surface area contributed by atoms with Crippen LogP contribution in [-0.2, 0) is 20.7 Å². The second-order valence-electron chi connectivity index (χ2n) is 6.39. The molecule has 1 aromatic carbocycles. The summed E-state index contributed by atoms with van der Waals surface area (Å²) in [6.45, 7) is 5.13. The first-order valence-electron chi connectivity index (χ1n) is 7.55. The van der Waals surface area contributed by atoms with Gasteiger partial charge in [0.25, 0.3) is 0 Å². The molecule has 0 bridgehead atoms. The molecule has 1 heterocycles. The summed E-state index contributed by atoms with van der Waals surface area (Å²) in [5, 5.41) is 8.86. The number of rotatable bonds is 5. The Hall–Kier alpha value is -1.88. The van der Waals surface area contributed by atoms with Crippen molar-refractivity contribution in [3.05, 3.63) is 35.9 Å². The zero-order chi connectivity index (χ0) is 16.2. The summed E-state index contributed by atoms with van der Waals surface area (Å²) in [6.07, 6.45) is 0.180. The summed E-state index contributed by atoms with van der Waals surface area (Å²) in [4.78, 5) is 25.3. The molecule has 1 aromatic rings. The highest BCUT2D eigenvalue weighted by molar-refractivity contribution is 5.82. The van der Waals surface area contributed by atoms with Gasteiger partial charge in [0, 0.05) is 18.5 Å². The van der Waals surface area contributed by atoms with Crippen LogP contribution >= 0.6 is 0 Å². The number of amides is 1. The smallest absolute Gasteiger partial charge is 0.306 e. The van der Waals surface area contributed by atoms with E-state index in [-0.39, 0.29) is 12.3 Å². The van der Waals surface area contributed by atoms with Gasteiger partial charge in [0.2, 0.25) is 5.91 Å². The lowest BCUT2D eigenvalue weighted by Gasteiger charge is -2.37. The number of morpholine rings is 1. The SMILES string of the molecule is CC(C)(Cc1ccccc1)C(=O)N1CCOC(CC(=O)O)C1. The summed E-state index contributed by atoms with van der Waals surface area (Å²) in [5.41, 5.74) is 0.600. The Labute approximate surface area is 130 Å². The number of carboxylic acid groups (broad SMARTS) is 1. The lowest BCUT2D eigenvalue weighted by Crippen LogP contribution is -2.51. The molecule has 22 heavy (non-hydrogen) atoms. The maximum Gasteiger partial charge on any atom is 0.306 e. The van der Waals surface area contributed by atoms with E-state index in [4.69, 9.17) is 9.84 Å². The average Bonchev–Trinajstić information content (AvgIpc) is 2.46. The van der Waals surface area contributed by atoms with E-state index in [2.05, 4.69) is 0 Å². The molecule has 1 amide bonds. The highest BCUT2D eigenvalue weighted by Crippen LogP contribution is 2.26. The third-order valence-corrected chi connectivity index (χ3v) is 3.90. The Morgan fingerprint density at radius 3 is 2.64 bits per heavy atom. The van der Waals surface area contributed by atoms with Crippen LogP contribution in [0.1, 0.15) is 25.8 Å². The molecule has 1 fully saturated rings. The molecule has 1 atom stereocenters. The molecular formula is C17H23NO4. The van der Waals surface area contributed by atoms with E-state index in [1.165, 1.54) is 0 Å². The number of nitrogens with zero attached hydrogens (tertiary/aromatic N) is 1. The highest BCUT2D eigenvalue weighted by Gasteiger charge is 2.35. The maximum atomic E-state index is 12.8. The lowest BCUT2D eigenvalue weighted by atomic mass is 9.84. The van der Waals surface area contributed by atoms with Gasteiger partial charge in [-0.05, 0) is 12.0 Å². The van der Waals surface area contributed by atoms with Gasteiger partial charge in [0.1, 0.15) is 0 Å². The molecule has 0 spiro atoms. The number of carboxylic acids is 1. The normalized spacial score (nSPS) is 19.0. The van der Waals surface area contributed by atoms with Crippen molar-refractivity contribution in [3.63, 3.8) is 0 Å². The third kappa shape index (κ3) is 4.31. The van der Waals surface area contributed by atoms with Gasteiger partial charge < -0.3 is 14.7 Å². The van der Waals surface area contributed by atoms with E-state index in [9.17, 15) is 9.59 Å². The summed E-state index contributed by atoms with van der Waals surface area (Å²) in [7, 11) is 0. The molecule has 1 aliphatic heterocycles. The number of carbonyl (C=O) groups is 2. The van der Waals surface area contributed by atoms with Crippen molar-refractivity contribution < 1.29 is 19.4 Å². The minimum Gasteiger partial charge on any atom is -0.481 e. The van der Waals surface area contributed by atoms with Gasteiger partial charge in [0.15, 0.2) is 0 Å². The number of carbonyl (C=O) groups excluding carboxylic acids is 1. The number of benzene rings is 1. The second kappa shape index (κ2) is 6.92. The fraction of sp³-hybridized carbons (Fsp3) is 0.529. The molecule has 120 valence electrons. The number of aliphatic carboxylic acids is 1. The monoisotopic (exact) mass is 305 g/mol. The summed E-state index contributed by atoms with van der Waals surface area (Å²) in [5.74, 6) is -0.849. The minimum absolute atomic E-state index is 0.0510. The van der Waals surface area contributed by atoms with Crippen molar-refractivity contribution in [2.45, 2.75) is 32.8 Å². The van der Waals surface area contributed by atoms with E-state index in [0.29, 0.717) is 26.1 Å². The minimum atomic E-state index is -0.900. The van der Waals surface area contributed by atoms with Crippen LogP contribution in [0.25, 0.3) is 0 Å². The summed E-state index contributed by atoms with van der Waals surface area (Å²) < 4.78 is 5.43. The van der Waals surface area contributed by atoms with Crippen LogP contribution in [0.15, 0.2) is 30.3 Å². The largest absolute Gasteiger partial charge is 0.481 e. The van der Waals surface area contributed by atoms with Crippen molar-refractivity contribution >= 4 is 11.9 Å². The van der Waals surface area contributed by atoms with Crippen molar-refractivity contribution in [1.82, 2.24) is 4.90 Å². The van der Waals surface area contributed by atoms with Crippen molar-refractivity contribution in [2.24, 2.45) is 5.41 Å². The predicted octanol–water partition coefficient (Wildman–Crippen LogP) is 1.96. The molecular weight excluding hydrogens is 282 g/mol. The van der Waals surface area contributed by atoms with Crippen LogP contribution in [0.3, 0.4) is 0 Å². The summed E-state index contributed by atoms with van der Waals surface area (Å²) >= 11 is 0. The molecule has 2 rings (SSSR count). The van der Waals surface area contributed by atoms with Gasteiger partial charge >= 0.3 is 5.97 Å². The number of hydrogen-bond donors (Lipinski definition) is 1. The second-order valence-corrected chi connectivity index (χ2v) is 6.39. The first kappa shape index (κ1) is 16.5. The van der Waals surface area contributed by atoms with Crippen molar-refractivity contribution in [3.8, 4) is 0 Å². The topological polar surface area (TPSA) is 66.8 Å². The molecule has 5 nitrogen and oxygen atoms in total. The fourth-order valence-corrected chi connectivity index (χ4v) is 2.83. The summed E-state index contributed by atoms with van der Waals surface area (Å²) in [6, 6.07) is 9.92. The van der Waals surface area contributed by atoms with Gasteiger partial charge in [-0.15, -0.1) is 0 Å². The van der Waals surface area contributed by atoms with Crippen LogP contribution in [0.4, 0.5) is 0 Å². The van der Waals surface area contributed by atoms with Gasteiger partial charge in [0.05, 0.1) is 19.1 Å². The molecule has 0 saturated carbocycles. The van der Waals surface area contributed by atoms with Gasteiger partial charge in [-0.1, -0.05) is 44.2 Å². The first-order valence-corrected chi connectivity index (χ1v) is 7.55. The standard InChI is InChI=1S/C17H23NO4/c1-17(2,11-13-6-4-3-5-7-13)16(21)18-8-9-22-14(12-18)10-15(19)20/h3-7,14H,8-12H2,1-2H3,(H,19,20). The zero-order valence-electron chi connectivity index (χ0n) is 13.1. The van der Waals surface area contributed by atoms with Crippen LogP contribution in [-0.4, -0.2) is 47.7 Å². The quantitative estimate of drug-likeness (QED) is 0.903. The van der Waals surface area contributed by atoms with Crippen LogP contribution in [0.5, 0.6) is 0 Å². The molecule has 1 aliphatic rings. The molecule has 0 aromatic heterocycles. The van der Waals surface area contributed by atoms with Crippen LogP contribution in [0.2, 0.25) is 0 Å². The van der Waals surface area contributed by atoms with Crippen molar-refractivity contribution in [1.29, 1.82) is 0 Å². The molecule has 0 aliphatic carbocycles. The highest BCUT2D eigenvalue weighted by atomic mass is 16.5. The Morgan fingerprint density at radius 1 is 1.32 bits per heavy atom. The third-order valence-electron chi connectivity index (χ3n) is 3.90. The Kier molecular flexibility index (Phi) is 5.19. The van der Waals surface area contributed by atoms with E-state index in [0.717, 1.165) is 5.56 Å². The van der Waals surface area contributed by atoms with Crippen LogP contribution in [0, 0.1) is 5.41 Å². The Balaban J connectivity index is 2.01. The molecule has 5 heteroatoms. The number of hydrogen-bond acceptors (Lipinski definition) is 3. The van der Waals surface area contributed by atoms with E-state index in [1.807, 2.05) is 44.2 Å². The maximum absolute atomic E-state index is 12.8. The number of ether oxygens (including phenoxy) is 1. The lowest BCUT2D eigenvalue weighted by molar-refractivity contribution is -0.152. The molecule has 1 unspecified atom stereocenters. The Bertz CT molecular complexity index is 527. The average molecular weight is 305 g/mol. The van der Waals surface area contributed by atoms with E-state index < -0.39 is 17.5 Å². The van der Waals surface area contributed by atoms with Crippen LogP contribution < -0.4 is 0 Å². The van der Waals surface area contributed by atoms with E-state index >= 15 is 0 Å². The fourth-order valence-electron chi connectivity index (χ4n) is 2.83. The first-order chi connectivity index (χ1) is 10.4. The van der Waals surface area contributed by atoms with E-state index in [1.54, 1.807) is 4.90 Å². The zero-order valence-corrected chi connectivity index (χ0v) is 13.1. The van der Waals surface area contributed by atoms with Gasteiger partial charge in [-0.3, -0.25) is 9.59 Å². The molecule has 0 radical (unpaired) electrons.